The Hall–Kier alpha value is -1.77. The fourth-order valence-corrected chi connectivity index (χ4v) is 8.94. The molecule has 0 aliphatic rings. The molecule has 0 aromatic heterocycles. The van der Waals surface area contributed by atoms with Gasteiger partial charge in [-0.2, -0.15) is 0 Å². The number of anilines is 2. The Balaban J connectivity index is 2.69. The van der Waals surface area contributed by atoms with E-state index in [9.17, 15) is 0 Å². The van der Waals surface area contributed by atoms with Crippen LogP contribution < -0.4 is 21.8 Å². The Bertz CT molecular complexity index is 881. The molecule has 0 aliphatic carbocycles. The molecule has 2 rings (SSSR count). The standard InChI is InChI=1S/C24H40N2O6Si2/c1-7-27-33(28-8-2,29-9-3)21-13-14-24(26)23(18-21)19-15-20(25)17-22(16-19)34(30-10-4,31-11-5)32-12-6/h13-18H,7-12,25-26H2,1-6H3. The number of nitrogens with two attached hydrogens (primary N) is 2. The van der Waals surface area contributed by atoms with Crippen molar-refractivity contribution in [2.24, 2.45) is 0 Å². The normalized spacial score (nSPS) is 12.3. The van der Waals surface area contributed by atoms with Gasteiger partial charge in [-0.25, -0.2) is 0 Å². The summed E-state index contributed by atoms with van der Waals surface area (Å²) in [5.74, 6) is 0. The molecule has 0 spiro atoms. The van der Waals surface area contributed by atoms with E-state index in [0.717, 1.165) is 21.5 Å². The van der Waals surface area contributed by atoms with Gasteiger partial charge >= 0.3 is 17.6 Å². The van der Waals surface area contributed by atoms with Crippen LogP contribution >= 0.6 is 0 Å². The molecule has 0 aliphatic heterocycles. The molecule has 0 atom stereocenters. The van der Waals surface area contributed by atoms with Crippen molar-refractivity contribution < 1.29 is 26.6 Å². The van der Waals surface area contributed by atoms with E-state index < -0.39 is 17.6 Å². The Morgan fingerprint density at radius 3 is 1.44 bits per heavy atom. The molecular weight excluding hydrogens is 468 g/mol. The lowest BCUT2D eigenvalue weighted by molar-refractivity contribution is 0.0851. The van der Waals surface area contributed by atoms with E-state index >= 15 is 0 Å². The summed E-state index contributed by atoms with van der Waals surface area (Å²) in [6.45, 7) is 14.4. The molecule has 2 aromatic rings. The zero-order valence-corrected chi connectivity index (χ0v) is 23.3. The molecule has 190 valence electrons. The lowest BCUT2D eigenvalue weighted by atomic mass is 10.0. The predicted molar refractivity (Wildman–Crippen MR) is 141 cm³/mol. The molecule has 0 fully saturated rings. The van der Waals surface area contributed by atoms with Crippen LogP contribution in [-0.4, -0.2) is 57.3 Å². The molecule has 4 N–H and O–H groups in total. The number of rotatable bonds is 15. The third-order valence-corrected chi connectivity index (χ3v) is 11.1. The number of hydrogen-bond acceptors (Lipinski definition) is 8. The van der Waals surface area contributed by atoms with Crippen LogP contribution in [0.25, 0.3) is 11.1 Å². The van der Waals surface area contributed by atoms with Crippen molar-refractivity contribution in [3.8, 4) is 11.1 Å². The summed E-state index contributed by atoms with van der Waals surface area (Å²) in [6, 6.07) is 11.5. The van der Waals surface area contributed by atoms with Gasteiger partial charge in [0.1, 0.15) is 0 Å². The van der Waals surface area contributed by atoms with Crippen molar-refractivity contribution in [2.45, 2.75) is 41.5 Å². The third-order valence-electron chi connectivity index (χ3n) is 5.03. The van der Waals surface area contributed by atoms with Gasteiger partial charge in [-0.1, -0.05) is 6.07 Å². The zero-order chi connectivity index (χ0) is 25.2. The van der Waals surface area contributed by atoms with Crippen molar-refractivity contribution in [1.82, 2.24) is 0 Å². The van der Waals surface area contributed by atoms with E-state index in [4.69, 9.17) is 38.0 Å². The Labute approximate surface area is 206 Å². The lowest BCUT2D eigenvalue weighted by Gasteiger charge is -2.30. The molecule has 0 saturated heterocycles. The summed E-state index contributed by atoms with van der Waals surface area (Å²) in [7, 11) is -6.27. The highest BCUT2D eigenvalue weighted by Gasteiger charge is 2.45. The SMILES string of the molecule is CCO[Si](OCC)(OCC)c1cc(N)cc(-c2cc([Si](OCC)(OCC)OCC)ccc2N)c1. The molecule has 2 aromatic carbocycles. The van der Waals surface area contributed by atoms with Gasteiger partial charge in [0.15, 0.2) is 0 Å². The molecular formula is C24H40N2O6Si2. The quantitative estimate of drug-likeness (QED) is 0.279. The molecule has 8 nitrogen and oxygen atoms in total. The maximum absolute atomic E-state index is 6.44. The van der Waals surface area contributed by atoms with Crippen LogP contribution in [0.2, 0.25) is 0 Å². The summed E-state index contributed by atoms with van der Waals surface area (Å²) in [5.41, 5.74) is 15.6. The first kappa shape index (κ1) is 28.5. The monoisotopic (exact) mass is 508 g/mol. The fraction of sp³-hybridized carbons (Fsp3) is 0.500. The molecule has 34 heavy (non-hydrogen) atoms. The number of nitrogen functional groups attached to an aromatic ring is 2. The Morgan fingerprint density at radius 2 is 1.00 bits per heavy atom. The molecule has 0 bridgehead atoms. The van der Waals surface area contributed by atoms with Crippen molar-refractivity contribution in [2.75, 3.05) is 51.1 Å². The summed E-state index contributed by atoms with van der Waals surface area (Å²) in [5, 5.41) is 1.63. The minimum absolute atomic E-state index is 0.458. The largest absolute Gasteiger partial charge is 0.537 e. The first-order valence-electron chi connectivity index (χ1n) is 12.0. The fourth-order valence-electron chi connectivity index (χ4n) is 3.87. The van der Waals surface area contributed by atoms with Gasteiger partial charge in [0.2, 0.25) is 0 Å². The molecule has 0 amide bonds. The van der Waals surface area contributed by atoms with Crippen LogP contribution in [0.3, 0.4) is 0 Å². The first-order chi connectivity index (χ1) is 16.3. The summed E-state index contributed by atoms with van der Waals surface area (Å²) < 4.78 is 36.6. The van der Waals surface area contributed by atoms with Crippen molar-refractivity contribution in [3.05, 3.63) is 36.4 Å². The van der Waals surface area contributed by atoms with E-state index in [1.165, 1.54) is 0 Å². The average Bonchev–Trinajstić information content (AvgIpc) is 2.80. The smallest absolute Gasteiger partial charge is 0.399 e. The number of benzene rings is 2. The average molecular weight is 509 g/mol. The minimum Gasteiger partial charge on any atom is -0.399 e. The highest BCUT2D eigenvalue weighted by atomic mass is 28.4. The Morgan fingerprint density at radius 1 is 0.559 bits per heavy atom. The zero-order valence-electron chi connectivity index (χ0n) is 21.3. The topological polar surface area (TPSA) is 107 Å². The van der Waals surface area contributed by atoms with Crippen LogP contribution in [0.4, 0.5) is 11.4 Å². The molecule has 0 heterocycles. The van der Waals surface area contributed by atoms with Gasteiger partial charge in [0, 0.05) is 67.0 Å². The van der Waals surface area contributed by atoms with Gasteiger partial charge in [-0.3, -0.25) is 0 Å². The lowest BCUT2D eigenvalue weighted by Crippen LogP contribution is -2.57. The van der Waals surface area contributed by atoms with Gasteiger partial charge in [-0.15, -0.1) is 0 Å². The van der Waals surface area contributed by atoms with Crippen molar-refractivity contribution >= 4 is 39.4 Å². The van der Waals surface area contributed by atoms with E-state index in [2.05, 4.69) is 0 Å². The van der Waals surface area contributed by atoms with Crippen LogP contribution in [0.1, 0.15) is 41.5 Å². The summed E-state index contributed by atoms with van der Waals surface area (Å²) >= 11 is 0. The van der Waals surface area contributed by atoms with Crippen LogP contribution in [0, 0.1) is 0 Å². The minimum atomic E-state index is -3.16. The predicted octanol–water partition coefficient (Wildman–Crippen LogP) is 3.03. The second-order valence-electron chi connectivity index (χ2n) is 7.36. The second kappa shape index (κ2) is 13.4. The van der Waals surface area contributed by atoms with Crippen LogP contribution in [0.15, 0.2) is 36.4 Å². The molecule has 0 radical (unpaired) electrons. The third kappa shape index (κ3) is 6.46. The maximum atomic E-state index is 6.44. The summed E-state index contributed by atoms with van der Waals surface area (Å²) in [6.07, 6.45) is 0. The molecule has 10 heteroatoms. The first-order valence-corrected chi connectivity index (χ1v) is 15.4. The van der Waals surface area contributed by atoms with Crippen molar-refractivity contribution in [1.29, 1.82) is 0 Å². The van der Waals surface area contributed by atoms with Gasteiger partial charge in [0.25, 0.3) is 0 Å². The van der Waals surface area contributed by atoms with Gasteiger partial charge in [0.05, 0.1) is 0 Å². The highest BCUT2D eigenvalue weighted by Crippen LogP contribution is 2.28. The molecule has 0 saturated carbocycles. The number of hydrogen-bond donors (Lipinski definition) is 2. The summed E-state index contributed by atoms with van der Waals surface area (Å²) in [4.78, 5) is 0. The Kier molecular flexibility index (Phi) is 11.2. The maximum Gasteiger partial charge on any atom is 0.537 e. The van der Waals surface area contributed by atoms with Crippen LogP contribution in [-0.2, 0) is 26.6 Å². The highest BCUT2D eigenvalue weighted by molar-refractivity contribution is 6.76. The van der Waals surface area contributed by atoms with Gasteiger partial charge in [-0.05, 0) is 77.4 Å². The molecule has 0 unspecified atom stereocenters. The second-order valence-corrected chi connectivity index (χ2v) is 12.5. The van der Waals surface area contributed by atoms with Crippen molar-refractivity contribution in [3.63, 3.8) is 0 Å². The van der Waals surface area contributed by atoms with Gasteiger partial charge < -0.3 is 38.0 Å². The van der Waals surface area contributed by atoms with E-state index in [-0.39, 0.29) is 0 Å². The van der Waals surface area contributed by atoms with E-state index in [0.29, 0.717) is 51.0 Å². The van der Waals surface area contributed by atoms with E-state index in [1.807, 2.05) is 77.9 Å². The van der Waals surface area contributed by atoms with E-state index in [1.54, 1.807) is 0 Å². The van der Waals surface area contributed by atoms with Crippen LogP contribution in [0.5, 0.6) is 0 Å².